The lowest BCUT2D eigenvalue weighted by Gasteiger charge is -2.15. The van der Waals surface area contributed by atoms with Crippen LogP contribution in [0.2, 0.25) is 0 Å². The lowest BCUT2D eigenvalue weighted by atomic mass is 10.3. The first-order valence-corrected chi connectivity index (χ1v) is 6.72. The Labute approximate surface area is 116 Å². The molecule has 0 aromatic carbocycles. The second-order valence-corrected chi connectivity index (χ2v) is 4.73. The second kappa shape index (κ2) is 5.73. The molecule has 1 amide bonds. The fourth-order valence-electron chi connectivity index (χ4n) is 2.23. The van der Waals surface area contributed by atoms with Crippen LogP contribution < -0.4 is 10.2 Å². The fourth-order valence-corrected chi connectivity index (χ4v) is 2.23. The van der Waals surface area contributed by atoms with E-state index in [0.29, 0.717) is 18.0 Å². The zero-order valence-electron chi connectivity index (χ0n) is 11.1. The first-order chi connectivity index (χ1) is 9.83. The van der Waals surface area contributed by atoms with Gasteiger partial charge in [-0.05, 0) is 37.1 Å². The largest absolute Gasteiger partial charge is 0.467 e. The molecule has 0 bridgehead atoms. The van der Waals surface area contributed by atoms with Crippen molar-refractivity contribution in [3.05, 3.63) is 42.0 Å². The van der Waals surface area contributed by atoms with E-state index in [1.54, 1.807) is 18.4 Å². The van der Waals surface area contributed by atoms with E-state index in [2.05, 4.69) is 20.4 Å². The molecule has 0 atom stereocenters. The SMILES string of the molecule is O=C(NCc1ccco1)c1ccc(N2CCCC2)nn1. The van der Waals surface area contributed by atoms with Gasteiger partial charge in [-0.25, -0.2) is 0 Å². The van der Waals surface area contributed by atoms with E-state index in [9.17, 15) is 4.79 Å². The molecule has 1 saturated heterocycles. The Bertz CT molecular complexity index is 559. The summed E-state index contributed by atoms with van der Waals surface area (Å²) in [6.07, 6.45) is 3.95. The number of anilines is 1. The number of furan rings is 1. The van der Waals surface area contributed by atoms with Gasteiger partial charge < -0.3 is 14.6 Å². The predicted octanol–water partition coefficient (Wildman–Crippen LogP) is 1.60. The molecule has 6 nitrogen and oxygen atoms in total. The summed E-state index contributed by atoms with van der Waals surface area (Å²) in [7, 11) is 0. The minimum atomic E-state index is -0.248. The van der Waals surface area contributed by atoms with Crippen molar-refractivity contribution in [2.24, 2.45) is 0 Å². The van der Waals surface area contributed by atoms with Crippen LogP contribution in [0.15, 0.2) is 34.9 Å². The molecule has 1 aliphatic rings. The molecule has 1 aliphatic heterocycles. The molecule has 0 aliphatic carbocycles. The van der Waals surface area contributed by atoms with E-state index in [0.717, 1.165) is 18.9 Å². The van der Waals surface area contributed by atoms with E-state index >= 15 is 0 Å². The molecular weight excluding hydrogens is 256 g/mol. The molecule has 3 rings (SSSR count). The van der Waals surface area contributed by atoms with E-state index in [4.69, 9.17) is 4.42 Å². The molecule has 0 saturated carbocycles. The van der Waals surface area contributed by atoms with Gasteiger partial charge in [0.1, 0.15) is 5.76 Å². The Morgan fingerprint density at radius 1 is 1.25 bits per heavy atom. The summed E-state index contributed by atoms with van der Waals surface area (Å²) in [6.45, 7) is 2.37. The minimum absolute atomic E-state index is 0.248. The predicted molar refractivity (Wildman–Crippen MR) is 73.4 cm³/mol. The average molecular weight is 272 g/mol. The Morgan fingerprint density at radius 3 is 2.75 bits per heavy atom. The summed E-state index contributed by atoms with van der Waals surface area (Å²) in [5.74, 6) is 1.30. The zero-order valence-corrected chi connectivity index (χ0v) is 11.1. The van der Waals surface area contributed by atoms with Gasteiger partial charge in [0.15, 0.2) is 11.5 Å². The number of aromatic nitrogens is 2. The molecular formula is C14H16N4O2. The molecule has 3 heterocycles. The Morgan fingerprint density at radius 2 is 2.10 bits per heavy atom. The first kappa shape index (κ1) is 12.7. The maximum atomic E-state index is 11.9. The molecule has 1 N–H and O–H groups in total. The van der Waals surface area contributed by atoms with Crippen molar-refractivity contribution in [1.82, 2.24) is 15.5 Å². The minimum Gasteiger partial charge on any atom is -0.467 e. The van der Waals surface area contributed by atoms with Crippen LogP contribution in [-0.2, 0) is 6.54 Å². The second-order valence-electron chi connectivity index (χ2n) is 4.73. The Balaban J connectivity index is 1.60. The highest BCUT2D eigenvalue weighted by atomic mass is 16.3. The van der Waals surface area contributed by atoms with Crippen LogP contribution >= 0.6 is 0 Å². The monoisotopic (exact) mass is 272 g/mol. The fraction of sp³-hybridized carbons (Fsp3) is 0.357. The van der Waals surface area contributed by atoms with Crippen LogP contribution in [0.5, 0.6) is 0 Å². The number of nitrogens with one attached hydrogen (secondary N) is 1. The molecule has 1 fully saturated rings. The maximum Gasteiger partial charge on any atom is 0.272 e. The molecule has 2 aromatic heterocycles. The van der Waals surface area contributed by atoms with Crippen LogP contribution in [0.1, 0.15) is 29.1 Å². The summed E-state index contributed by atoms with van der Waals surface area (Å²) in [6, 6.07) is 7.15. The van der Waals surface area contributed by atoms with Gasteiger partial charge in [-0.2, -0.15) is 0 Å². The maximum absolute atomic E-state index is 11.9. The third kappa shape index (κ3) is 2.79. The molecule has 104 valence electrons. The summed E-state index contributed by atoms with van der Waals surface area (Å²) in [5.41, 5.74) is 0.319. The first-order valence-electron chi connectivity index (χ1n) is 6.72. The van der Waals surface area contributed by atoms with Gasteiger partial charge in [0.25, 0.3) is 5.91 Å². The summed E-state index contributed by atoms with van der Waals surface area (Å²) >= 11 is 0. The van der Waals surface area contributed by atoms with Gasteiger partial charge in [-0.1, -0.05) is 0 Å². The summed E-state index contributed by atoms with van der Waals surface area (Å²) in [4.78, 5) is 14.1. The molecule has 0 unspecified atom stereocenters. The molecule has 0 spiro atoms. The molecule has 2 aromatic rings. The lowest BCUT2D eigenvalue weighted by Crippen LogP contribution is -2.25. The van der Waals surface area contributed by atoms with Crippen LogP contribution in [-0.4, -0.2) is 29.2 Å². The smallest absolute Gasteiger partial charge is 0.272 e. The van der Waals surface area contributed by atoms with Crippen LogP contribution in [0.4, 0.5) is 5.82 Å². The normalized spacial score (nSPS) is 14.5. The third-order valence-corrected chi connectivity index (χ3v) is 3.32. The van der Waals surface area contributed by atoms with Gasteiger partial charge in [-0.3, -0.25) is 4.79 Å². The Hall–Kier alpha value is -2.37. The average Bonchev–Trinajstić information content (AvgIpc) is 3.18. The number of carbonyl (C=O) groups is 1. The van der Waals surface area contributed by atoms with Gasteiger partial charge in [0, 0.05) is 13.1 Å². The van der Waals surface area contributed by atoms with Crippen molar-refractivity contribution in [2.45, 2.75) is 19.4 Å². The highest BCUT2D eigenvalue weighted by Gasteiger charge is 2.15. The standard InChI is InChI=1S/C14H16N4O2/c19-14(15-10-11-4-3-9-20-11)12-5-6-13(17-16-12)18-7-1-2-8-18/h3-6,9H,1-2,7-8,10H2,(H,15,19). The number of rotatable bonds is 4. The van der Waals surface area contributed by atoms with Crippen LogP contribution in [0.3, 0.4) is 0 Å². The van der Waals surface area contributed by atoms with Gasteiger partial charge in [0.2, 0.25) is 0 Å². The van der Waals surface area contributed by atoms with E-state index in [-0.39, 0.29) is 5.91 Å². The van der Waals surface area contributed by atoms with Crippen LogP contribution in [0, 0.1) is 0 Å². The van der Waals surface area contributed by atoms with Crippen LogP contribution in [0.25, 0.3) is 0 Å². The van der Waals surface area contributed by atoms with Crippen molar-refractivity contribution < 1.29 is 9.21 Å². The number of carbonyl (C=O) groups excluding carboxylic acids is 1. The summed E-state index contributed by atoms with van der Waals surface area (Å²) in [5, 5.41) is 10.8. The molecule has 0 radical (unpaired) electrons. The van der Waals surface area contributed by atoms with Crippen molar-refractivity contribution in [3.8, 4) is 0 Å². The van der Waals surface area contributed by atoms with E-state index < -0.39 is 0 Å². The van der Waals surface area contributed by atoms with Crippen molar-refractivity contribution in [3.63, 3.8) is 0 Å². The van der Waals surface area contributed by atoms with Gasteiger partial charge >= 0.3 is 0 Å². The van der Waals surface area contributed by atoms with E-state index in [1.807, 2.05) is 12.1 Å². The lowest BCUT2D eigenvalue weighted by molar-refractivity contribution is 0.0942. The van der Waals surface area contributed by atoms with Crippen molar-refractivity contribution in [1.29, 1.82) is 0 Å². The molecule has 20 heavy (non-hydrogen) atoms. The highest BCUT2D eigenvalue weighted by molar-refractivity contribution is 5.92. The third-order valence-electron chi connectivity index (χ3n) is 3.32. The summed E-state index contributed by atoms with van der Waals surface area (Å²) < 4.78 is 5.15. The van der Waals surface area contributed by atoms with Crippen molar-refractivity contribution >= 4 is 11.7 Å². The Kier molecular flexibility index (Phi) is 3.62. The zero-order chi connectivity index (χ0) is 13.8. The number of hydrogen-bond donors (Lipinski definition) is 1. The number of nitrogens with zero attached hydrogens (tertiary/aromatic N) is 3. The van der Waals surface area contributed by atoms with Gasteiger partial charge in [0.05, 0.1) is 12.8 Å². The van der Waals surface area contributed by atoms with Crippen molar-refractivity contribution in [2.75, 3.05) is 18.0 Å². The quantitative estimate of drug-likeness (QED) is 0.915. The number of amides is 1. The molecule has 6 heteroatoms. The topological polar surface area (TPSA) is 71.3 Å². The highest BCUT2D eigenvalue weighted by Crippen LogP contribution is 2.16. The van der Waals surface area contributed by atoms with E-state index in [1.165, 1.54) is 12.8 Å². The van der Waals surface area contributed by atoms with Gasteiger partial charge in [-0.15, -0.1) is 10.2 Å². The number of hydrogen-bond acceptors (Lipinski definition) is 5.